The molecule has 10 atom stereocenters. The Hall–Kier alpha value is -5.55. The number of carbonyl (C=O) groups excluding carboxylic acids is 9. The normalized spacial score (nSPS) is 27.6. The van der Waals surface area contributed by atoms with Gasteiger partial charge in [0.15, 0.2) is 5.12 Å². The van der Waals surface area contributed by atoms with Gasteiger partial charge in [-0.25, -0.2) is 18.6 Å². The van der Waals surface area contributed by atoms with E-state index in [1.165, 1.54) is 127 Å². The van der Waals surface area contributed by atoms with Crippen LogP contribution in [0.3, 0.4) is 0 Å². The third-order valence-corrected chi connectivity index (χ3v) is 21.8. The topological polar surface area (TPSA) is 371 Å². The molecule has 1 fully saturated rings. The number of halogens is 1. The molecule has 28 heteroatoms. The number of ether oxygens (including phenoxy) is 8. The SMILES string of the molecule is COC(=O)CC[C@@H]1/C2=C(\C)C3=N[C@H]([C@H](CC(=O)OC)[C@@]3(C)CCC(=O)OC)[C@]3(C)N=C(/C(C)=C4\[N-]/C(=C\C(=N2)C1(C)C)[C@@H](CCC(=O)OC)[C@]4(C)CC(=O)OC)[C@@H](CCC(=O)OC)[C@]3(C)CC(=O)OC.[CH2-]C(C)(C(=O)OC)C(=O)SCCCCCCCCCCCC.[Co+3].[O-][Cl+3]([O-])([O-])[O-]. The molecule has 0 aromatic heterocycles. The molecule has 5 aliphatic rings. The molecule has 98 heavy (non-hydrogen) atoms. The van der Waals surface area contributed by atoms with Crippen LogP contribution in [0.1, 0.15) is 204 Å². The fourth-order valence-electron chi connectivity index (χ4n) is 14.4. The maximum absolute atomic E-state index is 14.0. The number of thioether (sulfide) groups is 1. The minimum atomic E-state index is -4.94. The van der Waals surface area contributed by atoms with E-state index in [1.807, 2.05) is 61.5 Å². The van der Waals surface area contributed by atoms with Crippen molar-refractivity contribution in [3.63, 3.8) is 0 Å². The standard InChI is InChI=1S/C52H73N4O14.C18H33O3S.ClHO4.Co/c1-28-43-31(17-20-37(58)65-10)48(3,4)35(54-43)25-34-30(16-19-36(57)64-9)50(6,26-41(62)69-14)46(53-34)29(2)44-32(18-21-38(59)66-11)51(7,27-42(63)70-15)52(8,56-44)47-33(24-40(61)68-13)49(5,45(28)55-47)23-22-39(60)67-12;1-5-6-7-8-9-10-11-12-13-14-15-22-17(20)18(2,3)16(19)21-4;2-1(3,4)5;/h25,30-33,47H,16-24,26-27H2,1-15H3;2,5-15H2,1,3-4H3;(H,2,3,4,5);/q2*-1;;+3/p-1/t30-,31-,32-,33+,47-,49-,50+,51+,52+;;;/m1.../s1. The maximum Gasteiger partial charge on any atom is 3.00 e. The monoisotopic (exact) mass is 1460 g/mol. The van der Waals surface area contributed by atoms with Gasteiger partial charge in [-0.15, -0.1) is 15.9 Å². The molecule has 1 saturated heterocycles. The number of nitrogens with zero attached hydrogens (tertiary/aromatic N) is 4. The van der Waals surface area contributed by atoms with Gasteiger partial charge < -0.3 is 50.1 Å². The molecular formula is C70H106ClCoN4O21S. The average Bonchev–Trinajstić information content (AvgIpc) is 1.53. The van der Waals surface area contributed by atoms with Crippen LogP contribution in [0.5, 0.6) is 0 Å². The van der Waals surface area contributed by atoms with Crippen LogP contribution < -0.4 is 18.6 Å². The van der Waals surface area contributed by atoms with Gasteiger partial charge in [-0.3, -0.25) is 58.1 Å². The Morgan fingerprint density at radius 2 is 1.05 bits per heavy atom. The van der Waals surface area contributed by atoms with E-state index in [1.54, 1.807) is 0 Å². The molecule has 0 amide bonds. The van der Waals surface area contributed by atoms with E-state index in [4.69, 9.17) is 72.1 Å². The number of esters is 8. The van der Waals surface area contributed by atoms with Crippen LogP contribution in [-0.2, 0) is 97.8 Å². The fraction of sp³-hybridized carbons (Fsp3) is 0.729. The predicted molar refractivity (Wildman–Crippen MR) is 353 cm³/mol. The largest absolute Gasteiger partial charge is 3.00 e. The Kier molecular flexibility index (Phi) is 35.3. The second-order valence-electron chi connectivity index (χ2n) is 27.2. The van der Waals surface area contributed by atoms with Crippen LogP contribution in [0.4, 0.5) is 0 Å². The molecule has 25 nitrogen and oxygen atoms in total. The van der Waals surface area contributed by atoms with Gasteiger partial charge in [-0.1, -0.05) is 124 Å². The minimum absolute atomic E-state index is 0. The number of hydrogen-bond acceptors (Lipinski definition) is 25. The Bertz CT molecular complexity index is 3020. The number of rotatable bonds is 31. The van der Waals surface area contributed by atoms with Gasteiger partial charge in [-0.2, -0.15) is 5.70 Å². The first-order valence-corrected chi connectivity index (χ1v) is 35.3. The van der Waals surface area contributed by atoms with Gasteiger partial charge in [-0.05, 0) is 75.4 Å². The zero-order valence-electron chi connectivity index (χ0n) is 60.7. The van der Waals surface area contributed by atoms with E-state index in [-0.39, 0.29) is 86.1 Å². The number of hydrogen-bond donors (Lipinski definition) is 0. The second kappa shape index (κ2) is 39.0. The molecule has 0 aliphatic carbocycles. The summed E-state index contributed by atoms with van der Waals surface area (Å²) in [5.41, 5.74) is -2.27. The molecule has 0 spiro atoms. The minimum Gasteiger partial charge on any atom is -0.664 e. The van der Waals surface area contributed by atoms with Crippen LogP contribution in [0.15, 0.2) is 49.3 Å². The van der Waals surface area contributed by atoms with Gasteiger partial charge in [0.2, 0.25) is 0 Å². The molecule has 0 saturated carbocycles. The van der Waals surface area contributed by atoms with Gasteiger partial charge in [0.05, 0.1) is 87.7 Å². The van der Waals surface area contributed by atoms with Crippen molar-refractivity contribution in [1.82, 2.24) is 0 Å². The summed E-state index contributed by atoms with van der Waals surface area (Å²) in [7, 11) is 5.51. The maximum atomic E-state index is 14.0. The first kappa shape index (κ1) is 88.5. The number of unbranched alkanes of at least 4 members (excludes halogenated alkanes) is 9. The van der Waals surface area contributed by atoms with E-state index in [0.29, 0.717) is 51.8 Å². The Morgan fingerprint density at radius 3 is 1.53 bits per heavy atom. The summed E-state index contributed by atoms with van der Waals surface area (Å²) in [4.78, 5) is 134. The number of fused-ring (bicyclic) bond motifs is 6. The van der Waals surface area contributed by atoms with Gasteiger partial charge in [0, 0.05) is 93.7 Å². The van der Waals surface area contributed by atoms with Crippen molar-refractivity contribution in [3.8, 4) is 0 Å². The number of methoxy groups -OCH3 is 8. The van der Waals surface area contributed by atoms with Crippen LogP contribution in [-0.4, -0.2) is 144 Å². The van der Waals surface area contributed by atoms with Crippen molar-refractivity contribution in [2.75, 3.05) is 62.6 Å². The summed E-state index contributed by atoms with van der Waals surface area (Å²) in [6.07, 6.45) is 15.0. The average molecular weight is 1470 g/mol. The number of carbonyl (C=O) groups is 9. The molecule has 8 bridgehead atoms. The van der Waals surface area contributed by atoms with Crippen molar-refractivity contribution in [3.05, 3.63) is 46.6 Å². The summed E-state index contributed by atoms with van der Waals surface area (Å²) in [5, 5.41) is 5.23. The van der Waals surface area contributed by atoms with E-state index in [2.05, 4.69) is 18.6 Å². The Morgan fingerprint density at radius 1 is 0.602 bits per heavy atom. The molecule has 0 aromatic carbocycles. The van der Waals surface area contributed by atoms with E-state index < -0.39 is 120 Å². The van der Waals surface area contributed by atoms with Crippen LogP contribution >= 0.6 is 11.8 Å². The number of allylic oxidation sites excluding steroid dienone is 6. The molecule has 5 rings (SSSR count). The molecule has 5 aliphatic heterocycles. The molecule has 0 N–H and O–H groups in total. The second-order valence-corrected chi connectivity index (χ2v) is 29.0. The Labute approximate surface area is 596 Å². The summed E-state index contributed by atoms with van der Waals surface area (Å²) in [6, 6.07) is -0.898. The molecule has 0 aromatic rings. The molecule has 1 unspecified atom stereocenters. The van der Waals surface area contributed by atoms with Crippen molar-refractivity contribution < 1.29 is 127 Å². The van der Waals surface area contributed by atoms with Gasteiger partial charge in [0.1, 0.15) is 0 Å². The predicted octanol–water partition coefficient (Wildman–Crippen LogP) is 7.74. The van der Waals surface area contributed by atoms with Gasteiger partial charge in [0.25, 0.3) is 5.97 Å². The van der Waals surface area contributed by atoms with Crippen molar-refractivity contribution >= 4 is 81.8 Å². The van der Waals surface area contributed by atoms with Crippen molar-refractivity contribution in [2.24, 2.45) is 65.7 Å². The fourth-order valence-corrected chi connectivity index (χ4v) is 15.4. The smallest absolute Gasteiger partial charge is 0.664 e. The summed E-state index contributed by atoms with van der Waals surface area (Å²) >= 11 is 1.20. The first-order chi connectivity index (χ1) is 45.3. The molecule has 0 radical (unpaired) electrons. The molecular weight excluding hydrogens is 1360 g/mol. The van der Waals surface area contributed by atoms with E-state index in [0.717, 1.165) is 18.6 Å². The summed E-state index contributed by atoms with van der Waals surface area (Å²) in [6.45, 7) is 23.0. The van der Waals surface area contributed by atoms with E-state index >= 15 is 0 Å². The van der Waals surface area contributed by atoms with Crippen molar-refractivity contribution in [1.29, 1.82) is 0 Å². The first-order valence-electron chi connectivity index (χ1n) is 33.1. The number of aliphatic imine (C=N–C) groups is 3. The summed E-state index contributed by atoms with van der Waals surface area (Å²) in [5.74, 6) is -5.63. The zero-order chi connectivity index (χ0) is 73.7. The van der Waals surface area contributed by atoms with Crippen LogP contribution in [0, 0.1) is 67.9 Å². The molecule has 5 heterocycles. The van der Waals surface area contributed by atoms with E-state index in [9.17, 15) is 43.2 Å². The van der Waals surface area contributed by atoms with Gasteiger partial charge >= 0.3 is 58.6 Å². The van der Waals surface area contributed by atoms with Crippen LogP contribution in [0.2, 0.25) is 0 Å². The van der Waals surface area contributed by atoms with Crippen molar-refractivity contribution in [2.45, 2.75) is 216 Å². The van der Waals surface area contributed by atoms with Crippen LogP contribution in [0.25, 0.3) is 5.32 Å². The third kappa shape index (κ3) is 22.2. The Balaban J connectivity index is 0.000000978. The summed E-state index contributed by atoms with van der Waals surface area (Å²) < 4.78 is 75.3. The zero-order valence-corrected chi connectivity index (χ0v) is 63.3. The molecule has 554 valence electrons. The third-order valence-electron chi connectivity index (χ3n) is 20.5. The quantitative estimate of drug-likeness (QED) is 0.0210.